The van der Waals surface area contributed by atoms with Crippen molar-refractivity contribution < 1.29 is 4.74 Å². The summed E-state index contributed by atoms with van der Waals surface area (Å²) in [6, 6.07) is 4.00. The van der Waals surface area contributed by atoms with E-state index in [2.05, 4.69) is 21.2 Å². The minimum absolute atomic E-state index is 0.450. The molecule has 6 heteroatoms. The quantitative estimate of drug-likeness (QED) is 0.896. The number of rotatable bonds is 5. The minimum atomic E-state index is 0.450. The Morgan fingerprint density at radius 3 is 2.72 bits per heavy atom. The average Bonchev–Trinajstić information content (AvgIpc) is 2.78. The molecule has 0 amide bonds. The van der Waals surface area contributed by atoms with Crippen molar-refractivity contribution >= 4 is 22.4 Å². The first-order valence-electron chi connectivity index (χ1n) is 5.69. The molecule has 18 heavy (non-hydrogen) atoms. The van der Waals surface area contributed by atoms with Crippen LogP contribution in [0, 0.1) is 0 Å². The molecule has 2 aromatic heterocycles. The SMILES string of the molecule is CCN(Cc1ccncc1)c1snc(N)c1OC. The van der Waals surface area contributed by atoms with Crippen molar-refractivity contribution in [3.63, 3.8) is 0 Å². The summed E-state index contributed by atoms with van der Waals surface area (Å²) in [6.45, 7) is 3.74. The molecule has 0 unspecified atom stereocenters. The molecule has 96 valence electrons. The van der Waals surface area contributed by atoms with Gasteiger partial charge in [0.1, 0.15) is 0 Å². The van der Waals surface area contributed by atoms with Crippen LogP contribution in [0.4, 0.5) is 10.8 Å². The largest absolute Gasteiger partial charge is 0.490 e. The van der Waals surface area contributed by atoms with Crippen molar-refractivity contribution in [1.82, 2.24) is 9.36 Å². The van der Waals surface area contributed by atoms with Crippen LogP contribution < -0.4 is 15.4 Å². The van der Waals surface area contributed by atoms with Crippen LogP contribution in [0.5, 0.6) is 5.75 Å². The van der Waals surface area contributed by atoms with Gasteiger partial charge in [-0.1, -0.05) is 0 Å². The highest BCUT2D eigenvalue weighted by Gasteiger charge is 2.17. The Kier molecular flexibility index (Phi) is 3.99. The zero-order valence-corrected chi connectivity index (χ0v) is 11.3. The molecule has 0 spiro atoms. The van der Waals surface area contributed by atoms with Gasteiger partial charge in [-0.25, -0.2) is 0 Å². The highest BCUT2D eigenvalue weighted by atomic mass is 32.1. The van der Waals surface area contributed by atoms with Crippen molar-refractivity contribution in [3.05, 3.63) is 30.1 Å². The normalized spacial score (nSPS) is 10.3. The fourth-order valence-corrected chi connectivity index (χ4v) is 2.56. The van der Waals surface area contributed by atoms with E-state index in [-0.39, 0.29) is 0 Å². The van der Waals surface area contributed by atoms with Crippen LogP contribution in [0.25, 0.3) is 0 Å². The van der Waals surface area contributed by atoms with E-state index in [1.165, 1.54) is 17.1 Å². The molecule has 0 bridgehead atoms. The highest BCUT2D eigenvalue weighted by Crippen LogP contribution is 2.38. The topological polar surface area (TPSA) is 64.3 Å². The number of methoxy groups -OCH3 is 1. The molecule has 0 atom stereocenters. The van der Waals surface area contributed by atoms with Crippen molar-refractivity contribution in [3.8, 4) is 5.75 Å². The monoisotopic (exact) mass is 264 g/mol. The number of ether oxygens (including phenoxy) is 1. The van der Waals surface area contributed by atoms with Crippen LogP contribution in [0.15, 0.2) is 24.5 Å². The first-order valence-corrected chi connectivity index (χ1v) is 6.46. The van der Waals surface area contributed by atoms with Gasteiger partial charge in [0.25, 0.3) is 0 Å². The summed E-state index contributed by atoms with van der Waals surface area (Å²) in [7, 11) is 1.61. The van der Waals surface area contributed by atoms with Crippen LogP contribution in [-0.2, 0) is 6.54 Å². The number of nitrogen functional groups attached to an aromatic ring is 1. The van der Waals surface area contributed by atoms with E-state index >= 15 is 0 Å². The Morgan fingerprint density at radius 2 is 2.11 bits per heavy atom. The standard InChI is InChI=1S/C12H16N4OS/c1-3-16(8-9-4-6-14-7-5-9)12-10(17-2)11(13)15-18-12/h4-7H,3,8H2,1-2H3,(H2,13,15). The Balaban J connectivity index is 2.23. The number of hydrogen-bond acceptors (Lipinski definition) is 6. The van der Waals surface area contributed by atoms with Gasteiger partial charge in [-0.2, -0.15) is 4.37 Å². The molecule has 0 saturated heterocycles. The van der Waals surface area contributed by atoms with Crippen LogP contribution in [-0.4, -0.2) is 23.0 Å². The molecule has 0 aliphatic rings. The van der Waals surface area contributed by atoms with Crippen molar-refractivity contribution in [2.45, 2.75) is 13.5 Å². The molecule has 0 radical (unpaired) electrons. The summed E-state index contributed by atoms with van der Waals surface area (Å²) in [4.78, 5) is 6.20. The number of anilines is 2. The molecule has 5 nitrogen and oxygen atoms in total. The molecule has 0 aliphatic heterocycles. The van der Waals surface area contributed by atoms with Gasteiger partial charge in [-0.3, -0.25) is 4.98 Å². The van der Waals surface area contributed by atoms with E-state index in [4.69, 9.17) is 10.5 Å². The number of pyridine rings is 1. The summed E-state index contributed by atoms with van der Waals surface area (Å²) in [5.41, 5.74) is 6.97. The predicted molar refractivity (Wildman–Crippen MR) is 74.0 cm³/mol. The zero-order chi connectivity index (χ0) is 13.0. The third-order valence-electron chi connectivity index (χ3n) is 2.65. The second-order valence-electron chi connectivity index (χ2n) is 3.78. The summed E-state index contributed by atoms with van der Waals surface area (Å²) in [5.74, 6) is 1.11. The fourth-order valence-electron chi connectivity index (χ4n) is 1.71. The Bertz CT molecular complexity index is 500. The van der Waals surface area contributed by atoms with Gasteiger partial charge in [0.2, 0.25) is 0 Å². The van der Waals surface area contributed by atoms with Crippen LogP contribution in [0.2, 0.25) is 0 Å². The van der Waals surface area contributed by atoms with Crippen molar-refractivity contribution in [2.75, 3.05) is 24.3 Å². The minimum Gasteiger partial charge on any atom is -0.490 e. The van der Waals surface area contributed by atoms with E-state index in [1.54, 1.807) is 19.5 Å². The molecule has 2 N–H and O–H groups in total. The van der Waals surface area contributed by atoms with Gasteiger partial charge < -0.3 is 15.4 Å². The summed E-state index contributed by atoms with van der Waals surface area (Å²) < 4.78 is 9.44. The van der Waals surface area contributed by atoms with E-state index in [0.29, 0.717) is 11.6 Å². The second-order valence-corrected chi connectivity index (χ2v) is 4.53. The van der Waals surface area contributed by atoms with E-state index < -0.39 is 0 Å². The van der Waals surface area contributed by atoms with Crippen molar-refractivity contribution in [2.24, 2.45) is 0 Å². The molecular formula is C12H16N4OS. The second kappa shape index (κ2) is 5.68. The zero-order valence-electron chi connectivity index (χ0n) is 10.5. The summed E-state index contributed by atoms with van der Waals surface area (Å²) >= 11 is 1.36. The van der Waals surface area contributed by atoms with Gasteiger partial charge in [0.15, 0.2) is 16.6 Å². The number of hydrogen-bond donors (Lipinski definition) is 1. The smallest absolute Gasteiger partial charge is 0.197 e. The fraction of sp³-hybridized carbons (Fsp3) is 0.333. The summed E-state index contributed by atoms with van der Waals surface area (Å²) in [5, 5.41) is 0.967. The molecule has 2 rings (SSSR count). The Hall–Kier alpha value is -1.82. The maximum absolute atomic E-state index is 5.78. The van der Waals surface area contributed by atoms with Gasteiger partial charge >= 0.3 is 0 Å². The number of nitrogens with two attached hydrogens (primary N) is 1. The Labute approximate surface area is 110 Å². The first kappa shape index (κ1) is 12.6. The number of aromatic nitrogens is 2. The van der Waals surface area contributed by atoms with Gasteiger partial charge in [-0.05, 0) is 36.2 Å². The van der Waals surface area contributed by atoms with Gasteiger partial charge in [-0.15, -0.1) is 0 Å². The third kappa shape index (κ3) is 2.53. The Morgan fingerprint density at radius 1 is 1.39 bits per heavy atom. The van der Waals surface area contributed by atoms with Crippen molar-refractivity contribution in [1.29, 1.82) is 0 Å². The predicted octanol–water partition coefficient (Wildman–Crippen LogP) is 2.16. The lowest BCUT2D eigenvalue weighted by Gasteiger charge is -2.21. The molecular weight excluding hydrogens is 248 g/mol. The maximum Gasteiger partial charge on any atom is 0.197 e. The molecule has 0 aliphatic carbocycles. The van der Waals surface area contributed by atoms with E-state index in [9.17, 15) is 0 Å². The molecule has 2 heterocycles. The van der Waals surface area contributed by atoms with Crippen LogP contribution in [0.1, 0.15) is 12.5 Å². The third-order valence-corrected chi connectivity index (χ3v) is 3.56. The molecule has 0 saturated carbocycles. The molecule has 2 aromatic rings. The van der Waals surface area contributed by atoms with Crippen LogP contribution >= 0.6 is 11.5 Å². The molecule has 0 fully saturated rings. The van der Waals surface area contributed by atoms with Gasteiger partial charge in [0, 0.05) is 25.5 Å². The lowest BCUT2D eigenvalue weighted by atomic mass is 10.2. The summed E-state index contributed by atoms with van der Waals surface area (Å²) in [6.07, 6.45) is 3.59. The maximum atomic E-state index is 5.78. The van der Waals surface area contributed by atoms with Gasteiger partial charge in [0.05, 0.1) is 7.11 Å². The lowest BCUT2D eigenvalue weighted by Crippen LogP contribution is -2.21. The van der Waals surface area contributed by atoms with E-state index in [0.717, 1.165) is 18.1 Å². The lowest BCUT2D eigenvalue weighted by molar-refractivity contribution is 0.417. The highest BCUT2D eigenvalue weighted by molar-refractivity contribution is 7.11. The van der Waals surface area contributed by atoms with Crippen LogP contribution in [0.3, 0.4) is 0 Å². The first-order chi connectivity index (χ1) is 8.76. The van der Waals surface area contributed by atoms with E-state index in [1.807, 2.05) is 12.1 Å². The molecule has 0 aromatic carbocycles. The average molecular weight is 264 g/mol. The number of nitrogens with zero attached hydrogens (tertiary/aromatic N) is 3.